The van der Waals surface area contributed by atoms with Gasteiger partial charge in [-0.15, -0.1) is 0 Å². The van der Waals surface area contributed by atoms with Crippen LogP contribution in [0.5, 0.6) is 0 Å². The van der Waals surface area contributed by atoms with Crippen LogP contribution in [0.15, 0.2) is 24.3 Å². The van der Waals surface area contributed by atoms with Gasteiger partial charge in [0.1, 0.15) is 17.8 Å². The van der Waals surface area contributed by atoms with Crippen molar-refractivity contribution in [1.82, 2.24) is 20.9 Å². The van der Waals surface area contributed by atoms with Gasteiger partial charge in [0.2, 0.25) is 11.8 Å². The zero-order valence-corrected chi connectivity index (χ0v) is 18.9. The summed E-state index contributed by atoms with van der Waals surface area (Å²) in [4.78, 5) is 40.6. The first-order valence-electron chi connectivity index (χ1n) is 11.6. The van der Waals surface area contributed by atoms with Crippen molar-refractivity contribution in [2.24, 2.45) is 11.8 Å². The van der Waals surface area contributed by atoms with Gasteiger partial charge in [-0.1, -0.05) is 18.9 Å². The van der Waals surface area contributed by atoms with E-state index in [2.05, 4.69) is 20.9 Å². The number of benzene rings is 1. The molecule has 1 saturated heterocycles. The Balaban J connectivity index is 1.46. The summed E-state index contributed by atoms with van der Waals surface area (Å²) in [7, 11) is 0. The van der Waals surface area contributed by atoms with Crippen molar-refractivity contribution in [2.45, 2.75) is 56.8 Å². The SMILES string of the molecule is N#CC(CC1CCCNC1=O)NC(=O)C(CC1CC1)NC(=O)c1cc2c(C(F)(F)F)cccc2[nH]1. The molecule has 1 aromatic heterocycles. The van der Waals surface area contributed by atoms with Crippen molar-refractivity contribution in [1.29, 1.82) is 5.26 Å². The molecule has 3 atom stereocenters. The van der Waals surface area contributed by atoms with Crippen molar-refractivity contribution < 1.29 is 27.6 Å². The molecule has 0 spiro atoms. The van der Waals surface area contributed by atoms with E-state index in [0.29, 0.717) is 19.4 Å². The highest BCUT2D eigenvalue weighted by Crippen LogP contribution is 2.35. The lowest BCUT2D eigenvalue weighted by atomic mass is 9.92. The van der Waals surface area contributed by atoms with E-state index in [-0.39, 0.29) is 40.8 Å². The minimum atomic E-state index is -4.58. The van der Waals surface area contributed by atoms with Crippen molar-refractivity contribution in [2.75, 3.05) is 6.54 Å². The summed E-state index contributed by atoms with van der Waals surface area (Å²) in [6.07, 6.45) is -0.818. The molecular formula is C24H26F3N5O3. The molecule has 2 fully saturated rings. The number of hydrogen-bond donors (Lipinski definition) is 4. The Kier molecular flexibility index (Phi) is 7.00. The predicted molar refractivity (Wildman–Crippen MR) is 120 cm³/mol. The van der Waals surface area contributed by atoms with Gasteiger partial charge in [0, 0.05) is 23.4 Å². The molecule has 3 amide bonds. The first-order valence-corrected chi connectivity index (χ1v) is 11.6. The molecule has 8 nitrogen and oxygen atoms in total. The van der Waals surface area contributed by atoms with E-state index >= 15 is 0 Å². The molecule has 35 heavy (non-hydrogen) atoms. The van der Waals surface area contributed by atoms with Gasteiger partial charge in [0.05, 0.1) is 11.6 Å². The van der Waals surface area contributed by atoms with Crippen LogP contribution in [0.1, 0.15) is 54.6 Å². The largest absolute Gasteiger partial charge is 0.417 e. The van der Waals surface area contributed by atoms with Crippen LogP contribution in [-0.4, -0.2) is 41.3 Å². The number of carbonyl (C=O) groups excluding carboxylic acids is 3. The summed E-state index contributed by atoms with van der Waals surface area (Å²) < 4.78 is 40.0. The number of hydrogen-bond acceptors (Lipinski definition) is 4. The lowest BCUT2D eigenvalue weighted by molar-refractivity contribution is -0.136. The summed E-state index contributed by atoms with van der Waals surface area (Å²) in [5.41, 5.74) is -0.800. The smallest absolute Gasteiger partial charge is 0.356 e. The maximum Gasteiger partial charge on any atom is 0.417 e. The van der Waals surface area contributed by atoms with Crippen LogP contribution >= 0.6 is 0 Å². The Hall–Kier alpha value is -3.55. The highest BCUT2D eigenvalue weighted by Gasteiger charge is 2.35. The molecule has 2 heterocycles. The van der Waals surface area contributed by atoms with Crippen LogP contribution < -0.4 is 16.0 Å². The van der Waals surface area contributed by atoms with E-state index in [9.17, 15) is 32.8 Å². The molecular weight excluding hydrogens is 463 g/mol. The van der Waals surface area contributed by atoms with E-state index in [1.54, 1.807) is 0 Å². The highest BCUT2D eigenvalue weighted by molar-refractivity contribution is 6.01. The third-order valence-corrected chi connectivity index (χ3v) is 6.49. The zero-order valence-electron chi connectivity index (χ0n) is 18.9. The monoisotopic (exact) mass is 489 g/mol. The quantitative estimate of drug-likeness (QED) is 0.455. The van der Waals surface area contributed by atoms with Gasteiger partial charge in [-0.3, -0.25) is 14.4 Å². The third kappa shape index (κ3) is 5.93. The van der Waals surface area contributed by atoms with Crippen molar-refractivity contribution in [3.05, 3.63) is 35.5 Å². The average Bonchev–Trinajstić information content (AvgIpc) is 3.52. The summed E-state index contributed by atoms with van der Waals surface area (Å²) in [6, 6.07) is 4.90. The standard InChI is InChI=1S/C24H26F3N5O3/c25-24(26,27)17-4-1-5-18-16(17)11-20(31-18)23(35)32-19(9-13-6-7-13)22(34)30-15(12-28)10-14-3-2-8-29-21(14)33/h1,4-5,11,13-15,19,31H,2-3,6-10H2,(H,29,33)(H,30,34)(H,32,35). The van der Waals surface area contributed by atoms with E-state index in [0.717, 1.165) is 31.4 Å². The first kappa shape index (κ1) is 24.6. The van der Waals surface area contributed by atoms with Crippen LogP contribution in [0.4, 0.5) is 13.2 Å². The number of H-pyrrole nitrogens is 1. The molecule has 4 N–H and O–H groups in total. The molecule has 0 radical (unpaired) electrons. The van der Waals surface area contributed by atoms with Gasteiger partial charge >= 0.3 is 6.18 Å². The second-order valence-electron chi connectivity index (χ2n) is 9.21. The van der Waals surface area contributed by atoms with E-state index in [1.165, 1.54) is 12.1 Å². The number of piperidine rings is 1. The normalized spacial score (nSPS) is 19.9. The number of amides is 3. The van der Waals surface area contributed by atoms with Gasteiger partial charge in [0.25, 0.3) is 5.91 Å². The number of nitriles is 1. The number of aromatic nitrogens is 1. The predicted octanol–water partition coefficient (Wildman–Crippen LogP) is 3.01. The van der Waals surface area contributed by atoms with Crippen LogP contribution in [0.2, 0.25) is 0 Å². The van der Waals surface area contributed by atoms with Crippen LogP contribution in [0.3, 0.4) is 0 Å². The average molecular weight is 489 g/mol. The van der Waals surface area contributed by atoms with E-state index in [4.69, 9.17) is 0 Å². The van der Waals surface area contributed by atoms with Gasteiger partial charge in [0.15, 0.2) is 0 Å². The molecule has 1 aliphatic carbocycles. The second-order valence-corrected chi connectivity index (χ2v) is 9.21. The second kappa shape index (κ2) is 9.98. The maximum absolute atomic E-state index is 13.3. The van der Waals surface area contributed by atoms with Crippen molar-refractivity contribution in [3.63, 3.8) is 0 Å². The number of alkyl halides is 3. The van der Waals surface area contributed by atoms with Gasteiger partial charge in [-0.25, -0.2) is 0 Å². The minimum absolute atomic E-state index is 0.0963. The number of halogens is 3. The van der Waals surface area contributed by atoms with E-state index in [1.807, 2.05) is 6.07 Å². The van der Waals surface area contributed by atoms with Gasteiger partial charge in [-0.05, 0) is 49.8 Å². The van der Waals surface area contributed by atoms with E-state index < -0.39 is 35.6 Å². The van der Waals surface area contributed by atoms with Crippen molar-refractivity contribution >= 4 is 28.6 Å². The fourth-order valence-corrected chi connectivity index (χ4v) is 4.44. The van der Waals surface area contributed by atoms with Gasteiger partial charge in [-0.2, -0.15) is 18.4 Å². The number of rotatable bonds is 8. The Morgan fingerprint density at radius 2 is 1.94 bits per heavy atom. The molecule has 0 bridgehead atoms. The Morgan fingerprint density at radius 3 is 2.60 bits per heavy atom. The number of nitrogens with zero attached hydrogens (tertiary/aromatic N) is 1. The number of nitrogens with one attached hydrogen (secondary N) is 4. The number of aromatic amines is 1. The molecule has 3 unspecified atom stereocenters. The molecule has 1 aliphatic heterocycles. The molecule has 11 heteroatoms. The van der Waals surface area contributed by atoms with Crippen LogP contribution in [-0.2, 0) is 15.8 Å². The Bertz CT molecular complexity index is 1170. The fraction of sp³-hybridized carbons (Fsp3) is 0.500. The molecule has 186 valence electrons. The Morgan fingerprint density at radius 1 is 1.17 bits per heavy atom. The third-order valence-electron chi connectivity index (χ3n) is 6.49. The molecule has 1 saturated carbocycles. The fourth-order valence-electron chi connectivity index (χ4n) is 4.44. The lowest BCUT2D eigenvalue weighted by Gasteiger charge is -2.25. The topological polar surface area (TPSA) is 127 Å². The lowest BCUT2D eigenvalue weighted by Crippen LogP contribution is -2.50. The number of fused-ring (bicyclic) bond motifs is 1. The molecule has 2 aromatic rings. The van der Waals surface area contributed by atoms with Gasteiger partial charge < -0.3 is 20.9 Å². The first-order chi connectivity index (χ1) is 16.7. The van der Waals surface area contributed by atoms with Crippen molar-refractivity contribution in [3.8, 4) is 6.07 Å². The minimum Gasteiger partial charge on any atom is -0.356 e. The molecule has 1 aromatic carbocycles. The summed E-state index contributed by atoms with van der Waals surface area (Å²) in [5.74, 6) is -1.55. The highest BCUT2D eigenvalue weighted by atomic mass is 19.4. The molecule has 2 aliphatic rings. The van der Waals surface area contributed by atoms with Crippen LogP contribution in [0, 0.1) is 23.2 Å². The number of carbonyl (C=O) groups is 3. The zero-order chi connectivity index (χ0) is 25.2. The summed E-state index contributed by atoms with van der Waals surface area (Å²) in [5, 5.41) is 17.4. The Labute approximate surface area is 199 Å². The summed E-state index contributed by atoms with van der Waals surface area (Å²) >= 11 is 0. The summed E-state index contributed by atoms with van der Waals surface area (Å²) in [6.45, 7) is 0.590. The molecule has 4 rings (SSSR count). The van der Waals surface area contributed by atoms with Crippen LogP contribution in [0.25, 0.3) is 10.9 Å². The maximum atomic E-state index is 13.3.